The minimum absolute atomic E-state index is 0.161. The van der Waals surface area contributed by atoms with Gasteiger partial charge in [0.1, 0.15) is 11.6 Å². The summed E-state index contributed by atoms with van der Waals surface area (Å²) in [6.45, 7) is 3.20. The Labute approximate surface area is 194 Å². The van der Waals surface area contributed by atoms with Crippen LogP contribution in [0.15, 0.2) is 36.4 Å². The van der Waals surface area contributed by atoms with Gasteiger partial charge in [-0.1, -0.05) is 18.3 Å². The maximum atomic E-state index is 13.4. The number of nitrogens with zero attached hydrogens (tertiary/aromatic N) is 6. The van der Waals surface area contributed by atoms with E-state index in [1.165, 1.54) is 23.5 Å². The summed E-state index contributed by atoms with van der Waals surface area (Å²) in [7, 11) is 1.91. The van der Waals surface area contributed by atoms with E-state index < -0.39 is 0 Å². The van der Waals surface area contributed by atoms with Crippen LogP contribution < -0.4 is 9.80 Å². The molecular formula is C23H25FN6O2S. The van der Waals surface area contributed by atoms with E-state index in [0.717, 1.165) is 41.5 Å². The Hall–Kier alpha value is -3.08. The van der Waals surface area contributed by atoms with Crippen molar-refractivity contribution in [3.05, 3.63) is 52.8 Å². The van der Waals surface area contributed by atoms with Gasteiger partial charge in [0.15, 0.2) is 16.6 Å². The number of anilines is 3. The molecule has 172 valence electrons. The molecule has 4 aromatic rings. The molecule has 1 aromatic carbocycles. The summed E-state index contributed by atoms with van der Waals surface area (Å²) in [5.41, 5.74) is 3.00. The van der Waals surface area contributed by atoms with Crippen molar-refractivity contribution in [2.75, 3.05) is 29.9 Å². The molecule has 1 atom stereocenters. The van der Waals surface area contributed by atoms with Crippen LogP contribution in [-0.4, -0.2) is 56.0 Å². The van der Waals surface area contributed by atoms with Gasteiger partial charge >= 0.3 is 0 Å². The molecule has 5 rings (SSSR count). The molecule has 3 aromatic heterocycles. The van der Waals surface area contributed by atoms with E-state index in [9.17, 15) is 14.6 Å². The monoisotopic (exact) mass is 468 g/mol. The van der Waals surface area contributed by atoms with E-state index in [4.69, 9.17) is 15.1 Å². The zero-order chi connectivity index (χ0) is 23.1. The number of halogens is 1. The highest BCUT2D eigenvalue weighted by atomic mass is 32.1. The van der Waals surface area contributed by atoms with Gasteiger partial charge in [0, 0.05) is 25.7 Å². The molecule has 1 aliphatic heterocycles. The standard InChI is InChI=1S/C23H25FN6O2S/c1-3-17-22(30-19(25-17)8-9-20(27-30)29-11-10-16(32)12-29)28(2)23-26-21(18(13-31)33-23)14-4-6-15(24)7-5-14/h4-9,16,31-32H,3,10-13H2,1-2H3. The third-order valence-corrected chi connectivity index (χ3v) is 7.00. The molecule has 1 saturated heterocycles. The average molecular weight is 469 g/mol. The number of fused-ring (bicyclic) bond motifs is 1. The predicted octanol–water partition coefficient (Wildman–Crippen LogP) is 3.39. The van der Waals surface area contributed by atoms with Crippen molar-refractivity contribution in [1.29, 1.82) is 0 Å². The fraction of sp³-hybridized carbons (Fsp3) is 0.348. The summed E-state index contributed by atoms with van der Waals surface area (Å²) in [6, 6.07) is 9.98. The minimum Gasteiger partial charge on any atom is -0.391 e. The van der Waals surface area contributed by atoms with Crippen LogP contribution in [-0.2, 0) is 13.0 Å². The third-order valence-electron chi connectivity index (χ3n) is 5.88. The van der Waals surface area contributed by atoms with Crippen LogP contribution >= 0.6 is 11.3 Å². The van der Waals surface area contributed by atoms with Crippen LogP contribution in [0.2, 0.25) is 0 Å². The van der Waals surface area contributed by atoms with Crippen LogP contribution in [0.1, 0.15) is 23.9 Å². The number of rotatable bonds is 6. The van der Waals surface area contributed by atoms with Crippen molar-refractivity contribution in [3.8, 4) is 11.3 Å². The second kappa shape index (κ2) is 8.69. The Balaban J connectivity index is 1.57. The molecule has 4 heterocycles. The van der Waals surface area contributed by atoms with Crippen LogP contribution in [0.5, 0.6) is 0 Å². The normalized spacial score (nSPS) is 16.2. The summed E-state index contributed by atoms with van der Waals surface area (Å²) in [4.78, 5) is 14.2. The quantitative estimate of drug-likeness (QED) is 0.448. The molecule has 1 aliphatic rings. The zero-order valence-electron chi connectivity index (χ0n) is 18.4. The lowest BCUT2D eigenvalue weighted by Gasteiger charge is -2.19. The smallest absolute Gasteiger partial charge is 0.191 e. The minimum atomic E-state index is -0.337. The Bertz CT molecular complexity index is 1290. The number of thiazole rings is 1. The van der Waals surface area contributed by atoms with Crippen molar-refractivity contribution in [1.82, 2.24) is 19.6 Å². The van der Waals surface area contributed by atoms with Gasteiger partial charge in [0.2, 0.25) is 0 Å². The second-order valence-electron chi connectivity index (χ2n) is 8.08. The second-order valence-corrected chi connectivity index (χ2v) is 9.14. The van der Waals surface area contributed by atoms with Gasteiger partial charge in [0.05, 0.1) is 29.0 Å². The molecule has 0 radical (unpaired) electrons. The molecule has 0 saturated carbocycles. The number of hydrogen-bond acceptors (Lipinski definition) is 8. The Kier molecular flexibility index (Phi) is 5.73. The third kappa shape index (κ3) is 3.94. The van der Waals surface area contributed by atoms with E-state index >= 15 is 0 Å². The molecule has 1 unspecified atom stereocenters. The molecule has 0 spiro atoms. The summed E-state index contributed by atoms with van der Waals surface area (Å²) in [5.74, 6) is 1.27. The van der Waals surface area contributed by atoms with Gasteiger partial charge in [-0.25, -0.2) is 14.4 Å². The SMILES string of the molecule is CCc1nc2ccc(N3CCC(O)C3)nn2c1N(C)c1nc(-c2ccc(F)cc2)c(CO)s1. The Morgan fingerprint density at radius 1 is 1.18 bits per heavy atom. The topological polar surface area (TPSA) is 90.0 Å². The highest BCUT2D eigenvalue weighted by molar-refractivity contribution is 7.16. The van der Waals surface area contributed by atoms with Crippen molar-refractivity contribution in [2.24, 2.45) is 0 Å². The van der Waals surface area contributed by atoms with Crippen LogP contribution in [0, 0.1) is 5.82 Å². The number of hydrogen-bond donors (Lipinski definition) is 2. The summed E-state index contributed by atoms with van der Waals surface area (Å²) >= 11 is 1.38. The number of aliphatic hydroxyl groups is 2. The number of aliphatic hydroxyl groups excluding tert-OH is 2. The fourth-order valence-electron chi connectivity index (χ4n) is 4.16. The lowest BCUT2D eigenvalue weighted by atomic mass is 10.1. The van der Waals surface area contributed by atoms with Crippen molar-refractivity contribution in [3.63, 3.8) is 0 Å². The van der Waals surface area contributed by atoms with E-state index in [0.29, 0.717) is 28.7 Å². The largest absolute Gasteiger partial charge is 0.391 e. The van der Waals surface area contributed by atoms with E-state index in [1.54, 1.807) is 12.1 Å². The summed E-state index contributed by atoms with van der Waals surface area (Å²) in [5, 5.41) is 25.4. The molecule has 8 nitrogen and oxygen atoms in total. The molecule has 0 aliphatic carbocycles. The zero-order valence-corrected chi connectivity index (χ0v) is 19.3. The van der Waals surface area contributed by atoms with Gasteiger partial charge in [-0.3, -0.25) is 0 Å². The number of β-amino-alcohol motifs (C(OH)–C–C–N with tert-alkyl or cyclic N) is 1. The first-order chi connectivity index (χ1) is 16.0. The maximum absolute atomic E-state index is 13.4. The van der Waals surface area contributed by atoms with Crippen molar-refractivity contribution < 1.29 is 14.6 Å². The molecule has 2 N–H and O–H groups in total. The highest BCUT2D eigenvalue weighted by Crippen LogP contribution is 2.37. The fourth-order valence-corrected chi connectivity index (χ4v) is 5.07. The van der Waals surface area contributed by atoms with Gasteiger partial charge in [-0.2, -0.15) is 4.52 Å². The number of aromatic nitrogens is 4. The molecule has 33 heavy (non-hydrogen) atoms. The van der Waals surface area contributed by atoms with Crippen LogP contribution in [0.4, 0.5) is 21.2 Å². The molecular weight excluding hydrogens is 443 g/mol. The first kappa shape index (κ1) is 21.7. The van der Waals surface area contributed by atoms with Gasteiger partial charge in [-0.15, -0.1) is 5.10 Å². The number of aryl methyl sites for hydroxylation is 1. The molecule has 0 bridgehead atoms. The first-order valence-corrected chi connectivity index (χ1v) is 11.7. The van der Waals surface area contributed by atoms with Gasteiger partial charge in [-0.05, 0) is 49.2 Å². The first-order valence-electron chi connectivity index (χ1n) is 10.9. The number of imidazole rings is 1. The number of benzene rings is 1. The lowest BCUT2D eigenvalue weighted by Crippen LogP contribution is -2.23. The van der Waals surface area contributed by atoms with E-state index in [-0.39, 0.29) is 18.5 Å². The Morgan fingerprint density at radius 3 is 2.64 bits per heavy atom. The van der Waals surface area contributed by atoms with Crippen molar-refractivity contribution >= 4 is 33.8 Å². The predicted molar refractivity (Wildman–Crippen MR) is 127 cm³/mol. The maximum Gasteiger partial charge on any atom is 0.191 e. The average Bonchev–Trinajstić information content (AvgIpc) is 3.54. The highest BCUT2D eigenvalue weighted by Gasteiger charge is 2.25. The van der Waals surface area contributed by atoms with E-state index in [2.05, 4.69) is 4.90 Å². The van der Waals surface area contributed by atoms with Crippen molar-refractivity contribution in [2.45, 2.75) is 32.5 Å². The molecule has 0 amide bonds. The van der Waals surface area contributed by atoms with Crippen LogP contribution in [0.3, 0.4) is 0 Å². The van der Waals surface area contributed by atoms with Crippen LogP contribution in [0.25, 0.3) is 16.9 Å². The summed E-state index contributed by atoms with van der Waals surface area (Å²) < 4.78 is 15.2. The molecule has 1 fully saturated rings. The molecule has 10 heteroatoms. The van der Waals surface area contributed by atoms with Gasteiger partial charge in [0.25, 0.3) is 0 Å². The van der Waals surface area contributed by atoms with Gasteiger partial charge < -0.3 is 20.0 Å². The van der Waals surface area contributed by atoms with E-state index in [1.807, 2.05) is 35.5 Å². The lowest BCUT2D eigenvalue weighted by molar-refractivity contribution is 0.198. The summed E-state index contributed by atoms with van der Waals surface area (Å²) in [6.07, 6.45) is 1.10. The Morgan fingerprint density at radius 2 is 1.97 bits per heavy atom.